The average Bonchev–Trinajstić information content (AvgIpc) is 2.62. The molecule has 0 fully saturated rings. The van der Waals surface area contributed by atoms with Crippen LogP contribution in [-0.2, 0) is 11.2 Å². The molecular weight excluding hydrogens is 330 g/mol. The van der Waals surface area contributed by atoms with Crippen molar-refractivity contribution in [3.8, 4) is 17.6 Å². The highest BCUT2D eigenvalue weighted by atomic mass is 16.5. The number of fused-ring (bicyclic) bond motifs is 1. The largest absolute Gasteiger partial charge is 0.483 e. The Morgan fingerprint density at radius 2 is 2.19 bits per heavy atom. The number of unbranched alkanes of at least 4 members (excludes halogenated alkanes) is 5. The Morgan fingerprint density at radius 1 is 1.38 bits per heavy atom. The first kappa shape index (κ1) is 19.8. The predicted octanol–water partition coefficient (Wildman–Crippen LogP) is 4.65. The standard InChI is InChI=1S/C21H27NO4/c1-21(12-7-5-3-2-4-6-8-14-22)13-11-17-15-18(25-16-20(23)24)9-10-19(17)26-21/h7,9-10,12,15H,2-6,8,11,13,16H2,1H3,(H,23,24)/b12-7+. The summed E-state index contributed by atoms with van der Waals surface area (Å²) in [5, 5.41) is 17.2. The van der Waals surface area contributed by atoms with Gasteiger partial charge >= 0.3 is 5.97 Å². The van der Waals surface area contributed by atoms with E-state index < -0.39 is 5.97 Å². The number of rotatable bonds is 10. The number of aryl methyl sites for hydroxylation is 1. The van der Waals surface area contributed by atoms with E-state index in [1.807, 2.05) is 12.1 Å². The van der Waals surface area contributed by atoms with Crippen molar-refractivity contribution in [2.75, 3.05) is 6.61 Å². The Kier molecular flexibility index (Phi) is 7.53. The van der Waals surface area contributed by atoms with E-state index in [1.54, 1.807) is 6.07 Å². The minimum absolute atomic E-state index is 0.308. The zero-order chi connectivity index (χ0) is 18.8. The molecule has 0 spiro atoms. The molecule has 0 aliphatic carbocycles. The Labute approximate surface area is 155 Å². The topological polar surface area (TPSA) is 79.5 Å². The maximum absolute atomic E-state index is 10.6. The first-order valence-corrected chi connectivity index (χ1v) is 9.23. The third kappa shape index (κ3) is 6.44. The van der Waals surface area contributed by atoms with Crippen molar-refractivity contribution in [3.63, 3.8) is 0 Å². The van der Waals surface area contributed by atoms with Crippen LogP contribution in [0.4, 0.5) is 0 Å². The fourth-order valence-corrected chi connectivity index (χ4v) is 3.04. The van der Waals surface area contributed by atoms with E-state index in [0.717, 1.165) is 56.3 Å². The molecule has 0 radical (unpaired) electrons. The second-order valence-corrected chi connectivity index (χ2v) is 6.88. The van der Waals surface area contributed by atoms with Crippen molar-refractivity contribution in [3.05, 3.63) is 35.9 Å². The van der Waals surface area contributed by atoms with E-state index in [-0.39, 0.29) is 12.2 Å². The van der Waals surface area contributed by atoms with Gasteiger partial charge in [-0.25, -0.2) is 4.79 Å². The van der Waals surface area contributed by atoms with Crippen LogP contribution in [0, 0.1) is 11.3 Å². The quantitative estimate of drug-likeness (QED) is 0.487. The lowest BCUT2D eigenvalue weighted by Gasteiger charge is -2.33. The van der Waals surface area contributed by atoms with E-state index in [1.165, 1.54) is 0 Å². The number of allylic oxidation sites excluding steroid dienone is 1. The number of carboxylic acid groups (broad SMARTS) is 1. The normalized spacial score (nSPS) is 18.8. The third-order valence-electron chi connectivity index (χ3n) is 4.51. The van der Waals surface area contributed by atoms with E-state index in [0.29, 0.717) is 12.2 Å². The highest BCUT2D eigenvalue weighted by molar-refractivity contribution is 5.68. The van der Waals surface area contributed by atoms with Crippen LogP contribution in [0.3, 0.4) is 0 Å². The lowest BCUT2D eigenvalue weighted by Crippen LogP contribution is -2.34. The molecule has 0 aromatic heterocycles. The molecule has 26 heavy (non-hydrogen) atoms. The summed E-state index contributed by atoms with van der Waals surface area (Å²) in [6, 6.07) is 7.64. The summed E-state index contributed by atoms with van der Waals surface area (Å²) in [4.78, 5) is 10.6. The monoisotopic (exact) mass is 357 g/mol. The maximum Gasteiger partial charge on any atom is 0.341 e. The van der Waals surface area contributed by atoms with Crippen molar-refractivity contribution < 1.29 is 19.4 Å². The zero-order valence-corrected chi connectivity index (χ0v) is 15.4. The molecule has 0 bridgehead atoms. The van der Waals surface area contributed by atoms with Crippen molar-refractivity contribution in [2.24, 2.45) is 0 Å². The number of hydrogen-bond donors (Lipinski definition) is 1. The Bertz CT molecular complexity index is 677. The van der Waals surface area contributed by atoms with Crippen LogP contribution in [-0.4, -0.2) is 23.3 Å². The number of nitriles is 1. The summed E-state index contributed by atoms with van der Waals surface area (Å²) < 4.78 is 11.4. The summed E-state index contributed by atoms with van der Waals surface area (Å²) >= 11 is 0. The molecule has 1 aliphatic rings. The predicted molar refractivity (Wildman–Crippen MR) is 99.4 cm³/mol. The Balaban J connectivity index is 1.81. The zero-order valence-electron chi connectivity index (χ0n) is 15.4. The molecule has 0 saturated heterocycles. The van der Waals surface area contributed by atoms with Gasteiger partial charge in [-0.3, -0.25) is 0 Å². The molecule has 0 amide bonds. The molecule has 1 aromatic rings. The van der Waals surface area contributed by atoms with E-state index in [9.17, 15) is 4.79 Å². The molecule has 1 unspecified atom stereocenters. The van der Waals surface area contributed by atoms with Crippen LogP contribution in [0.1, 0.15) is 57.4 Å². The van der Waals surface area contributed by atoms with Crippen molar-refractivity contribution in [1.29, 1.82) is 5.26 Å². The second kappa shape index (κ2) is 9.86. The number of hydrogen-bond acceptors (Lipinski definition) is 4. The second-order valence-electron chi connectivity index (χ2n) is 6.88. The number of benzene rings is 1. The summed E-state index contributed by atoms with van der Waals surface area (Å²) in [5.41, 5.74) is 0.744. The van der Waals surface area contributed by atoms with Crippen molar-refractivity contribution in [2.45, 2.75) is 63.9 Å². The first-order chi connectivity index (χ1) is 12.5. The van der Waals surface area contributed by atoms with Gasteiger partial charge in [0.15, 0.2) is 6.61 Å². The number of carbonyl (C=O) groups is 1. The smallest absolute Gasteiger partial charge is 0.341 e. The minimum Gasteiger partial charge on any atom is -0.483 e. The fourth-order valence-electron chi connectivity index (χ4n) is 3.04. The van der Waals surface area contributed by atoms with Crippen LogP contribution < -0.4 is 9.47 Å². The van der Waals surface area contributed by atoms with E-state index in [2.05, 4.69) is 25.1 Å². The van der Waals surface area contributed by atoms with Crippen LogP contribution in [0.25, 0.3) is 0 Å². The van der Waals surface area contributed by atoms with Gasteiger partial charge in [0, 0.05) is 6.42 Å². The average molecular weight is 357 g/mol. The molecule has 1 heterocycles. The number of nitrogens with zero attached hydrogens (tertiary/aromatic N) is 1. The van der Waals surface area contributed by atoms with Gasteiger partial charge in [0.1, 0.15) is 17.1 Å². The molecule has 5 nitrogen and oxygen atoms in total. The molecule has 1 atom stereocenters. The summed E-state index contributed by atoms with van der Waals surface area (Å²) in [6.07, 6.45) is 12.2. The first-order valence-electron chi connectivity index (χ1n) is 9.23. The summed E-state index contributed by atoms with van der Waals surface area (Å²) in [7, 11) is 0. The number of ether oxygens (including phenoxy) is 2. The summed E-state index contributed by atoms with van der Waals surface area (Å²) in [6.45, 7) is 1.75. The molecule has 2 rings (SSSR count). The van der Waals surface area contributed by atoms with Crippen molar-refractivity contribution in [1.82, 2.24) is 0 Å². The molecule has 1 aliphatic heterocycles. The fraction of sp³-hybridized carbons (Fsp3) is 0.524. The van der Waals surface area contributed by atoms with Gasteiger partial charge in [0.05, 0.1) is 6.07 Å². The number of aliphatic carboxylic acids is 1. The van der Waals surface area contributed by atoms with Gasteiger partial charge in [0.2, 0.25) is 0 Å². The van der Waals surface area contributed by atoms with Gasteiger partial charge in [-0.15, -0.1) is 0 Å². The van der Waals surface area contributed by atoms with E-state index >= 15 is 0 Å². The summed E-state index contributed by atoms with van der Waals surface area (Å²) in [5.74, 6) is 0.412. The van der Waals surface area contributed by atoms with Gasteiger partial charge in [-0.05, 0) is 68.9 Å². The third-order valence-corrected chi connectivity index (χ3v) is 4.51. The highest BCUT2D eigenvalue weighted by Crippen LogP contribution is 2.36. The number of carboxylic acids is 1. The molecule has 1 N–H and O–H groups in total. The van der Waals surface area contributed by atoms with E-state index in [4.69, 9.17) is 19.8 Å². The molecule has 140 valence electrons. The van der Waals surface area contributed by atoms with Gasteiger partial charge in [0.25, 0.3) is 0 Å². The van der Waals surface area contributed by atoms with Crippen molar-refractivity contribution >= 4 is 5.97 Å². The van der Waals surface area contributed by atoms with Gasteiger partial charge in [-0.2, -0.15) is 5.26 Å². The van der Waals surface area contributed by atoms with Gasteiger partial charge < -0.3 is 14.6 Å². The molecule has 5 heteroatoms. The highest BCUT2D eigenvalue weighted by Gasteiger charge is 2.29. The minimum atomic E-state index is -0.984. The Morgan fingerprint density at radius 3 is 2.96 bits per heavy atom. The maximum atomic E-state index is 10.6. The SMILES string of the molecule is CC1(/C=C/CCCCCCC#N)CCc2cc(OCC(=O)O)ccc2O1. The Hall–Kier alpha value is -2.48. The van der Waals surface area contributed by atoms with Gasteiger partial charge in [-0.1, -0.05) is 18.9 Å². The molecule has 0 saturated carbocycles. The van der Waals surface area contributed by atoms with Crippen LogP contribution in [0.2, 0.25) is 0 Å². The van der Waals surface area contributed by atoms with Crippen LogP contribution in [0.15, 0.2) is 30.4 Å². The van der Waals surface area contributed by atoms with Crippen LogP contribution in [0.5, 0.6) is 11.5 Å². The molecular formula is C21H27NO4. The lowest BCUT2D eigenvalue weighted by molar-refractivity contribution is -0.139. The van der Waals surface area contributed by atoms with Crippen LogP contribution >= 0.6 is 0 Å². The lowest BCUT2D eigenvalue weighted by atomic mass is 9.91. The molecule has 1 aromatic carbocycles.